The predicted molar refractivity (Wildman–Crippen MR) is 132 cm³/mol. The van der Waals surface area contributed by atoms with Gasteiger partial charge in [0.05, 0.1) is 31.1 Å². The molecule has 2 aliphatic rings. The second-order valence-corrected chi connectivity index (χ2v) is 9.94. The summed E-state index contributed by atoms with van der Waals surface area (Å²) in [6.45, 7) is 9.48. The molecule has 3 rings (SSSR count). The molecule has 0 saturated carbocycles. The summed E-state index contributed by atoms with van der Waals surface area (Å²) in [5, 5.41) is 13.9. The number of hydrogen-bond acceptors (Lipinski definition) is 7. The number of nitrogens with one attached hydrogen (secondary N) is 2. The fourth-order valence-electron chi connectivity index (χ4n) is 4.09. The molecular formula is C25H40N6O4. The van der Waals surface area contributed by atoms with Crippen molar-refractivity contribution in [3.05, 3.63) is 23.7 Å². The van der Waals surface area contributed by atoms with Crippen molar-refractivity contribution in [2.75, 3.05) is 6.61 Å². The van der Waals surface area contributed by atoms with Crippen molar-refractivity contribution in [3.8, 4) is 0 Å². The van der Waals surface area contributed by atoms with E-state index in [-0.39, 0.29) is 30.6 Å². The Morgan fingerprint density at radius 3 is 2.77 bits per heavy atom. The average Bonchev–Trinajstić information content (AvgIpc) is 3.50. The molecule has 0 aliphatic carbocycles. The zero-order valence-electron chi connectivity index (χ0n) is 21.4. The summed E-state index contributed by atoms with van der Waals surface area (Å²) in [5.74, 6) is -0.125. The summed E-state index contributed by atoms with van der Waals surface area (Å²) < 4.78 is 13.7. The van der Waals surface area contributed by atoms with Gasteiger partial charge in [-0.25, -0.2) is 0 Å². The van der Waals surface area contributed by atoms with E-state index >= 15 is 0 Å². The minimum atomic E-state index is -0.821. The first kappa shape index (κ1) is 27.0. The zero-order valence-corrected chi connectivity index (χ0v) is 21.4. The van der Waals surface area contributed by atoms with Crippen molar-refractivity contribution in [1.82, 2.24) is 25.6 Å². The predicted octanol–water partition coefficient (Wildman–Crippen LogP) is 2.74. The second-order valence-electron chi connectivity index (χ2n) is 9.94. The molecule has 3 unspecified atom stereocenters. The number of aliphatic imine (C=N–C) groups is 1. The van der Waals surface area contributed by atoms with Gasteiger partial charge >= 0.3 is 0 Å². The van der Waals surface area contributed by atoms with Crippen LogP contribution in [0.1, 0.15) is 71.9 Å². The number of aromatic nitrogens is 3. The average molecular weight is 489 g/mol. The number of hydrogen-bond donors (Lipinski definition) is 2. The van der Waals surface area contributed by atoms with Gasteiger partial charge in [-0.15, -0.1) is 5.10 Å². The molecule has 1 aromatic heterocycles. The Hall–Kier alpha value is -2.59. The molecule has 2 N–H and O–H groups in total. The molecule has 1 saturated heterocycles. The van der Waals surface area contributed by atoms with Crippen LogP contribution in [0.2, 0.25) is 0 Å². The zero-order chi connectivity index (χ0) is 25.2. The molecule has 2 amide bonds. The van der Waals surface area contributed by atoms with Gasteiger partial charge in [0, 0.05) is 25.1 Å². The standard InChI is InChI=1S/C25H40N6O4/c1-17(2)14-20-8-5-10-22(35-20)34-13-7-12-31-16-19(29-30-31)15-27-25(33)23(21-9-6-11-26-21)28-24(32)18(3)4/h9,11,16-18,20,22-23H,5-8,10,12-15H2,1-4H3,(H,27,33)(H,28,32). The summed E-state index contributed by atoms with van der Waals surface area (Å²) in [6, 6.07) is -0.821. The Kier molecular flexibility index (Phi) is 10.4. The highest BCUT2D eigenvalue weighted by Gasteiger charge is 2.27. The number of aryl methyl sites for hydroxylation is 1. The van der Waals surface area contributed by atoms with E-state index in [9.17, 15) is 9.59 Å². The van der Waals surface area contributed by atoms with Gasteiger partial charge in [-0.3, -0.25) is 19.3 Å². The fourth-order valence-corrected chi connectivity index (χ4v) is 4.09. The van der Waals surface area contributed by atoms with Crippen molar-refractivity contribution in [2.45, 2.75) is 97.7 Å². The van der Waals surface area contributed by atoms with Crippen molar-refractivity contribution in [3.63, 3.8) is 0 Å². The van der Waals surface area contributed by atoms with Crippen molar-refractivity contribution in [1.29, 1.82) is 0 Å². The highest BCUT2D eigenvalue weighted by atomic mass is 16.7. The van der Waals surface area contributed by atoms with E-state index in [0.717, 1.165) is 32.1 Å². The maximum atomic E-state index is 12.8. The van der Waals surface area contributed by atoms with Crippen LogP contribution >= 0.6 is 0 Å². The van der Waals surface area contributed by atoms with E-state index in [1.54, 1.807) is 24.7 Å². The van der Waals surface area contributed by atoms with E-state index in [4.69, 9.17) is 9.47 Å². The number of ether oxygens (including phenoxy) is 2. The van der Waals surface area contributed by atoms with Crippen molar-refractivity contribution >= 4 is 18.0 Å². The van der Waals surface area contributed by atoms with Gasteiger partial charge in [-0.2, -0.15) is 0 Å². The third-order valence-corrected chi connectivity index (χ3v) is 5.95. The maximum Gasteiger partial charge on any atom is 0.249 e. The van der Waals surface area contributed by atoms with Crippen LogP contribution in [-0.4, -0.2) is 58.1 Å². The highest BCUT2D eigenvalue weighted by Crippen LogP contribution is 2.24. The quantitative estimate of drug-likeness (QED) is 0.412. The van der Waals surface area contributed by atoms with Gasteiger partial charge in [0.15, 0.2) is 12.3 Å². The minimum absolute atomic E-state index is 0.113. The molecular weight excluding hydrogens is 448 g/mol. The van der Waals surface area contributed by atoms with Crippen LogP contribution in [-0.2, 0) is 32.2 Å². The number of nitrogens with zero attached hydrogens (tertiary/aromatic N) is 4. The normalized spacial score (nSPS) is 20.8. The molecule has 1 aromatic rings. The van der Waals surface area contributed by atoms with E-state index < -0.39 is 6.04 Å². The van der Waals surface area contributed by atoms with Gasteiger partial charge in [-0.05, 0) is 38.0 Å². The SMILES string of the molecule is CC(C)CC1CCCC(OCCCn2cc(CNC(=O)C(NC(=O)C(C)C)C3=CCC=N3)nn2)O1. The first-order valence-electron chi connectivity index (χ1n) is 12.8. The van der Waals surface area contributed by atoms with E-state index in [2.05, 4.69) is 39.8 Å². The second kappa shape index (κ2) is 13.5. The molecule has 0 aromatic carbocycles. The van der Waals surface area contributed by atoms with Crippen LogP contribution in [0.15, 0.2) is 23.0 Å². The molecule has 35 heavy (non-hydrogen) atoms. The van der Waals surface area contributed by atoms with Crippen molar-refractivity contribution in [2.24, 2.45) is 16.8 Å². The van der Waals surface area contributed by atoms with Crippen LogP contribution in [0.5, 0.6) is 0 Å². The first-order valence-corrected chi connectivity index (χ1v) is 12.8. The van der Waals surface area contributed by atoms with Crippen molar-refractivity contribution < 1.29 is 19.1 Å². The Morgan fingerprint density at radius 1 is 1.23 bits per heavy atom. The maximum absolute atomic E-state index is 12.8. The van der Waals surface area contributed by atoms with E-state index in [1.807, 2.05) is 12.3 Å². The summed E-state index contributed by atoms with van der Waals surface area (Å²) in [4.78, 5) is 29.2. The molecule has 10 nitrogen and oxygen atoms in total. The molecule has 0 spiro atoms. The number of carbonyl (C=O) groups excluding carboxylic acids is 2. The molecule has 0 radical (unpaired) electrons. The summed E-state index contributed by atoms with van der Waals surface area (Å²) >= 11 is 0. The van der Waals surface area contributed by atoms with Crippen LogP contribution < -0.4 is 10.6 Å². The largest absolute Gasteiger partial charge is 0.353 e. The van der Waals surface area contributed by atoms with Gasteiger partial charge in [0.1, 0.15) is 5.69 Å². The van der Waals surface area contributed by atoms with Gasteiger partial charge < -0.3 is 20.1 Å². The van der Waals surface area contributed by atoms with Gasteiger partial charge in [0.2, 0.25) is 11.8 Å². The smallest absolute Gasteiger partial charge is 0.249 e. The summed E-state index contributed by atoms with van der Waals surface area (Å²) in [6.07, 6.45) is 11.3. The Labute approximate surface area is 207 Å². The first-order chi connectivity index (χ1) is 16.8. The molecule has 3 atom stereocenters. The Morgan fingerprint density at radius 2 is 2.06 bits per heavy atom. The Bertz CT molecular complexity index is 894. The molecule has 0 bridgehead atoms. The number of rotatable bonds is 13. The number of amides is 2. The molecule has 1 fully saturated rings. The third kappa shape index (κ3) is 8.85. The fraction of sp³-hybridized carbons (Fsp3) is 0.720. The van der Waals surface area contributed by atoms with Crippen LogP contribution in [0.3, 0.4) is 0 Å². The lowest BCUT2D eigenvalue weighted by Crippen LogP contribution is -2.48. The minimum Gasteiger partial charge on any atom is -0.353 e. The highest BCUT2D eigenvalue weighted by molar-refractivity contribution is 5.91. The van der Waals surface area contributed by atoms with Gasteiger partial charge in [-0.1, -0.05) is 39.0 Å². The lowest BCUT2D eigenvalue weighted by atomic mass is 9.99. The van der Waals surface area contributed by atoms with Crippen LogP contribution in [0.4, 0.5) is 0 Å². The Balaban J connectivity index is 1.39. The summed E-state index contributed by atoms with van der Waals surface area (Å²) in [7, 11) is 0. The number of allylic oxidation sites excluding steroid dienone is 1. The van der Waals surface area contributed by atoms with E-state index in [1.165, 1.54) is 0 Å². The van der Waals surface area contributed by atoms with Crippen LogP contribution in [0.25, 0.3) is 0 Å². The van der Waals surface area contributed by atoms with Crippen LogP contribution in [0, 0.1) is 11.8 Å². The third-order valence-electron chi connectivity index (χ3n) is 5.95. The molecule has 10 heteroatoms. The van der Waals surface area contributed by atoms with E-state index in [0.29, 0.717) is 43.0 Å². The van der Waals surface area contributed by atoms with Gasteiger partial charge in [0.25, 0.3) is 0 Å². The lowest BCUT2D eigenvalue weighted by Gasteiger charge is -2.30. The molecule has 2 aliphatic heterocycles. The monoisotopic (exact) mass is 488 g/mol. The number of carbonyl (C=O) groups is 2. The molecule has 3 heterocycles. The lowest BCUT2D eigenvalue weighted by molar-refractivity contribution is -0.197. The molecule has 194 valence electrons. The topological polar surface area (TPSA) is 120 Å². The summed E-state index contributed by atoms with van der Waals surface area (Å²) in [5.41, 5.74) is 1.20.